The van der Waals surface area contributed by atoms with Crippen LogP contribution in [0.2, 0.25) is 0 Å². The monoisotopic (exact) mass is 269 g/mol. The van der Waals surface area contributed by atoms with Gasteiger partial charge in [-0.25, -0.2) is 12.7 Å². The Labute approximate surface area is 109 Å². The number of benzene rings is 1. The molecule has 5 heteroatoms. The van der Waals surface area contributed by atoms with Crippen LogP contribution in [0.15, 0.2) is 35.2 Å². The molecule has 0 aliphatic heterocycles. The van der Waals surface area contributed by atoms with Crippen LogP contribution in [-0.2, 0) is 14.8 Å². The molecule has 100 valence electrons. The van der Waals surface area contributed by atoms with Gasteiger partial charge in [-0.1, -0.05) is 32.0 Å². The molecule has 1 aromatic rings. The molecule has 0 radical (unpaired) electrons. The first-order valence-corrected chi connectivity index (χ1v) is 7.38. The average molecular weight is 269 g/mol. The maximum Gasteiger partial charge on any atom is 0.266 e. The van der Waals surface area contributed by atoms with E-state index in [0.717, 1.165) is 4.31 Å². The van der Waals surface area contributed by atoms with Crippen LogP contribution >= 0.6 is 0 Å². The van der Waals surface area contributed by atoms with Gasteiger partial charge in [0.2, 0.25) is 5.91 Å². The SMILES string of the molecule is CC(=O)N(CCC(C)C)S(=O)(=O)c1ccccc1. The van der Waals surface area contributed by atoms with E-state index in [2.05, 4.69) is 0 Å². The number of hydrogen-bond donors (Lipinski definition) is 0. The second kappa shape index (κ2) is 6.00. The van der Waals surface area contributed by atoms with E-state index in [0.29, 0.717) is 12.3 Å². The fraction of sp³-hybridized carbons (Fsp3) is 0.462. The Morgan fingerprint density at radius 1 is 1.22 bits per heavy atom. The average Bonchev–Trinajstić information content (AvgIpc) is 2.29. The minimum Gasteiger partial charge on any atom is -0.274 e. The van der Waals surface area contributed by atoms with Crippen molar-refractivity contribution in [3.8, 4) is 0 Å². The number of carbonyl (C=O) groups is 1. The third kappa shape index (κ3) is 3.57. The van der Waals surface area contributed by atoms with Crippen molar-refractivity contribution in [1.82, 2.24) is 4.31 Å². The smallest absolute Gasteiger partial charge is 0.266 e. The molecular weight excluding hydrogens is 250 g/mol. The molecular formula is C13H19NO3S. The zero-order chi connectivity index (χ0) is 13.8. The molecule has 1 amide bonds. The summed E-state index contributed by atoms with van der Waals surface area (Å²) in [5.74, 6) is -0.0997. The highest BCUT2D eigenvalue weighted by Crippen LogP contribution is 2.16. The van der Waals surface area contributed by atoms with Gasteiger partial charge in [0, 0.05) is 13.5 Å². The lowest BCUT2D eigenvalue weighted by atomic mass is 10.1. The van der Waals surface area contributed by atoms with E-state index in [-0.39, 0.29) is 11.4 Å². The van der Waals surface area contributed by atoms with E-state index in [4.69, 9.17) is 0 Å². The van der Waals surface area contributed by atoms with E-state index < -0.39 is 15.9 Å². The van der Waals surface area contributed by atoms with Crippen LogP contribution in [0.5, 0.6) is 0 Å². The highest BCUT2D eigenvalue weighted by atomic mass is 32.2. The normalized spacial score (nSPS) is 11.6. The van der Waals surface area contributed by atoms with Crippen LogP contribution in [0, 0.1) is 5.92 Å². The van der Waals surface area contributed by atoms with Gasteiger partial charge in [-0.2, -0.15) is 0 Å². The molecule has 0 bridgehead atoms. The largest absolute Gasteiger partial charge is 0.274 e. The summed E-state index contributed by atoms with van der Waals surface area (Å²) in [7, 11) is -3.71. The van der Waals surface area contributed by atoms with Crippen LogP contribution in [-0.4, -0.2) is 25.2 Å². The van der Waals surface area contributed by atoms with E-state index in [9.17, 15) is 13.2 Å². The molecule has 1 aromatic carbocycles. The second-order valence-corrected chi connectivity index (χ2v) is 6.45. The summed E-state index contributed by atoms with van der Waals surface area (Å²) >= 11 is 0. The van der Waals surface area contributed by atoms with Crippen LogP contribution in [0.25, 0.3) is 0 Å². The number of hydrogen-bond acceptors (Lipinski definition) is 3. The zero-order valence-electron chi connectivity index (χ0n) is 11.0. The van der Waals surface area contributed by atoms with Gasteiger partial charge >= 0.3 is 0 Å². The Morgan fingerprint density at radius 2 is 1.78 bits per heavy atom. The highest BCUT2D eigenvalue weighted by molar-refractivity contribution is 7.89. The number of rotatable bonds is 5. The molecule has 0 heterocycles. The summed E-state index contributed by atoms with van der Waals surface area (Å²) in [4.78, 5) is 11.7. The molecule has 4 nitrogen and oxygen atoms in total. The molecule has 1 rings (SSSR count). The number of amides is 1. The van der Waals surface area contributed by atoms with Crippen molar-refractivity contribution in [1.29, 1.82) is 0 Å². The zero-order valence-corrected chi connectivity index (χ0v) is 11.8. The molecule has 0 spiro atoms. The number of nitrogens with zero attached hydrogens (tertiary/aromatic N) is 1. The molecule has 0 aliphatic carbocycles. The van der Waals surface area contributed by atoms with Gasteiger partial charge in [0.15, 0.2) is 0 Å². The lowest BCUT2D eigenvalue weighted by Crippen LogP contribution is -2.36. The van der Waals surface area contributed by atoms with E-state index in [1.807, 2.05) is 13.8 Å². The van der Waals surface area contributed by atoms with E-state index in [1.165, 1.54) is 19.1 Å². The van der Waals surface area contributed by atoms with Gasteiger partial charge in [-0.3, -0.25) is 4.79 Å². The summed E-state index contributed by atoms with van der Waals surface area (Å²) < 4.78 is 25.5. The third-order valence-corrected chi connectivity index (χ3v) is 4.48. The summed E-state index contributed by atoms with van der Waals surface area (Å²) in [5, 5.41) is 0. The predicted octanol–water partition coefficient (Wildman–Crippen LogP) is 2.27. The van der Waals surface area contributed by atoms with Gasteiger partial charge in [0.1, 0.15) is 0 Å². The van der Waals surface area contributed by atoms with Crippen molar-refractivity contribution in [2.75, 3.05) is 6.54 Å². The first-order chi connectivity index (χ1) is 8.35. The second-order valence-electron chi connectivity index (χ2n) is 4.59. The molecule has 0 aliphatic rings. The first-order valence-electron chi connectivity index (χ1n) is 5.94. The first kappa shape index (κ1) is 14.7. The highest BCUT2D eigenvalue weighted by Gasteiger charge is 2.26. The molecule has 0 aromatic heterocycles. The Hall–Kier alpha value is -1.36. The maximum absolute atomic E-state index is 12.3. The van der Waals surface area contributed by atoms with Gasteiger partial charge in [-0.05, 0) is 24.5 Å². The van der Waals surface area contributed by atoms with Gasteiger partial charge < -0.3 is 0 Å². The van der Waals surface area contributed by atoms with Crippen molar-refractivity contribution < 1.29 is 13.2 Å². The lowest BCUT2D eigenvalue weighted by molar-refractivity contribution is -0.124. The fourth-order valence-corrected chi connectivity index (χ4v) is 2.98. The topological polar surface area (TPSA) is 54.5 Å². The van der Waals surface area contributed by atoms with E-state index in [1.54, 1.807) is 18.2 Å². The molecule has 0 N–H and O–H groups in total. The van der Waals surface area contributed by atoms with Crippen molar-refractivity contribution in [2.45, 2.75) is 32.1 Å². The number of sulfonamides is 1. The predicted molar refractivity (Wildman–Crippen MR) is 70.5 cm³/mol. The molecule has 0 atom stereocenters. The van der Waals surface area contributed by atoms with Gasteiger partial charge in [-0.15, -0.1) is 0 Å². The van der Waals surface area contributed by atoms with Gasteiger partial charge in [0.05, 0.1) is 4.90 Å². The van der Waals surface area contributed by atoms with Crippen LogP contribution in [0.4, 0.5) is 0 Å². The third-order valence-electron chi connectivity index (χ3n) is 2.59. The quantitative estimate of drug-likeness (QED) is 0.824. The van der Waals surface area contributed by atoms with Crippen LogP contribution in [0.3, 0.4) is 0 Å². The minimum atomic E-state index is -3.71. The Balaban J connectivity index is 3.02. The lowest BCUT2D eigenvalue weighted by Gasteiger charge is -2.21. The molecule has 0 fully saturated rings. The number of carbonyl (C=O) groups excluding carboxylic acids is 1. The minimum absolute atomic E-state index is 0.156. The fourth-order valence-electron chi connectivity index (χ4n) is 1.54. The molecule has 18 heavy (non-hydrogen) atoms. The summed E-state index contributed by atoms with van der Waals surface area (Å²) in [6, 6.07) is 8.04. The molecule has 0 unspecified atom stereocenters. The van der Waals surface area contributed by atoms with Crippen molar-refractivity contribution in [3.05, 3.63) is 30.3 Å². The summed E-state index contributed by atoms with van der Waals surface area (Å²) in [6.45, 7) is 5.49. The summed E-state index contributed by atoms with van der Waals surface area (Å²) in [5.41, 5.74) is 0. The summed E-state index contributed by atoms with van der Waals surface area (Å²) in [6.07, 6.45) is 0.658. The van der Waals surface area contributed by atoms with Crippen molar-refractivity contribution in [2.24, 2.45) is 5.92 Å². The molecule has 0 saturated heterocycles. The van der Waals surface area contributed by atoms with Gasteiger partial charge in [0.25, 0.3) is 10.0 Å². The Morgan fingerprint density at radius 3 is 2.22 bits per heavy atom. The van der Waals surface area contributed by atoms with E-state index >= 15 is 0 Å². The molecule has 0 saturated carbocycles. The van der Waals surface area contributed by atoms with Crippen molar-refractivity contribution >= 4 is 15.9 Å². The standard InChI is InChI=1S/C13H19NO3S/c1-11(2)9-10-14(12(3)15)18(16,17)13-7-5-4-6-8-13/h4-8,11H,9-10H2,1-3H3. The van der Waals surface area contributed by atoms with Crippen LogP contribution in [0.1, 0.15) is 27.2 Å². The Bertz CT molecular complexity index is 494. The van der Waals surface area contributed by atoms with Crippen LogP contribution < -0.4 is 0 Å². The Kier molecular flexibility index (Phi) is 4.90. The maximum atomic E-state index is 12.3. The van der Waals surface area contributed by atoms with Crippen molar-refractivity contribution in [3.63, 3.8) is 0 Å².